The highest BCUT2D eigenvalue weighted by atomic mass is 16.4. The second-order valence-corrected chi connectivity index (χ2v) is 5.86. The number of nitrogens with one attached hydrogen (secondary N) is 1. The molecule has 0 spiro atoms. The molecule has 1 aliphatic rings. The highest BCUT2D eigenvalue weighted by molar-refractivity contribution is 5.75. The Morgan fingerprint density at radius 2 is 2.24 bits per heavy atom. The summed E-state index contributed by atoms with van der Waals surface area (Å²) < 4.78 is 0. The summed E-state index contributed by atoms with van der Waals surface area (Å²) in [4.78, 5) is 32.5. The van der Waals surface area contributed by atoms with Crippen molar-refractivity contribution in [1.82, 2.24) is 14.9 Å². The monoisotopic (exact) mass is 287 g/mol. The van der Waals surface area contributed by atoms with E-state index in [1.165, 1.54) is 0 Å². The molecule has 1 atom stereocenters. The predicted octanol–water partition coefficient (Wildman–Crippen LogP) is 1.22. The van der Waals surface area contributed by atoms with Crippen LogP contribution in [-0.4, -0.2) is 39.0 Å². The second-order valence-electron chi connectivity index (χ2n) is 5.86. The Hall–Kier alpha value is -2.21. The first-order chi connectivity index (χ1) is 9.98. The maximum Gasteiger partial charge on any atom is 0.310 e. The van der Waals surface area contributed by atoms with Crippen LogP contribution in [0.15, 0.2) is 29.1 Å². The van der Waals surface area contributed by atoms with E-state index >= 15 is 0 Å². The fourth-order valence-electron chi connectivity index (χ4n) is 2.75. The standard InChI is InChI=1S/C15H17N3O3/c1-15(14(20)21)6-7-18(9-15)8-12-13(19)17-11-5-3-2-4-10(11)16-12/h2-5H,6-9H2,1H3,(H,17,19)(H,20,21). The van der Waals surface area contributed by atoms with Crippen LogP contribution in [0.25, 0.3) is 11.0 Å². The van der Waals surface area contributed by atoms with Crippen molar-refractivity contribution in [3.8, 4) is 0 Å². The number of carbonyl (C=O) groups is 1. The lowest BCUT2D eigenvalue weighted by atomic mass is 9.90. The summed E-state index contributed by atoms with van der Waals surface area (Å²) in [5, 5.41) is 9.24. The first-order valence-corrected chi connectivity index (χ1v) is 6.92. The molecule has 1 saturated heterocycles. The van der Waals surface area contributed by atoms with Gasteiger partial charge in [-0.1, -0.05) is 12.1 Å². The molecule has 0 radical (unpaired) electrons. The normalized spacial score (nSPS) is 22.7. The summed E-state index contributed by atoms with van der Waals surface area (Å²) in [7, 11) is 0. The van der Waals surface area contributed by atoms with Crippen molar-refractivity contribution in [2.75, 3.05) is 13.1 Å². The molecular weight excluding hydrogens is 270 g/mol. The van der Waals surface area contributed by atoms with Crippen molar-refractivity contribution in [2.24, 2.45) is 5.41 Å². The third-order valence-electron chi connectivity index (χ3n) is 4.11. The Kier molecular flexibility index (Phi) is 3.25. The second kappa shape index (κ2) is 4.96. The van der Waals surface area contributed by atoms with E-state index in [0.717, 1.165) is 5.52 Å². The van der Waals surface area contributed by atoms with Crippen LogP contribution in [0.2, 0.25) is 0 Å². The number of para-hydroxylation sites is 2. The van der Waals surface area contributed by atoms with Gasteiger partial charge in [0.25, 0.3) is 5.56 Å². The average Bonchev–Trinajstić information content (AvgIpc) is 2.83. The number of nitrogens with zero attached hydrogens (tertiary/aromatic N) is 2. The van der Waals surface area contributed by atoms with Gasteiger partial charge in [-0.3, -0.25) is 14.5 Å². The number of hydrogen-bond donors (Lipinski definition) is 2. The number of aromatic nitrogens is 2. The number of rotatable bonds is 3. The molecular formula is C15H17N3O3. The van der Waals surface area contributed by atoms with Crippen LogP contribution >= 0.6 is 0 Å². The topological polar surface area (TPSA) is 86.3 Å². The molecule has 1 fully saturated rings. The molecule has 21 heavy (non-hydrogen) atoms. The summed E-state index contributed by atoms with van der Waals surface area (Å²) >= 11 is 0. The molecule has 0 amide bonds. The third kappa shape index (κ3) is 2.54. The Labute approximate surface area is 121 Å². The van der Waals surface area contributed by atoms with Gasteiger partial charge >= 0.3 is 5.97 Å². The van der Waals surface area contributed by atoms with Gasteiger partial charge in [-0.15, -0.1) is 0 Å². The zero-order valence-electron chi connectivity index (χ0n) is 11.8. The average molecular weight is 287 g/mol. The molecule has 1 unspecified atom stereocenters. The van der Waals surface area contributed by atoms with E-state index in [9.17, 15) is 14.7 Å². The molecule has 6 nitrogen and oxygen atoms in total. The van der Waals surface area contributed by atoms with Gasteiger partial charge in [0.15, 0.2) is 0 Å². The number of carboxylic acids is 1. The summed E-state index contributed by atoms with van der Waals surface area (Å²) in [6.45, 7) is 3.23. The zero-order chi connectivity index (χ0) is 15.0. The van der Waals surface area contributed by atoms with Crippen molar-refractivity contribution in [3.05, 3.63) is 40.3 Å². The Morgan fingerprint density at radius 1 is 1.48 bits per heavy atom. The number of hydrogen-bond acceptors (Lipinski definition) is 4. The number of benzene rings is 1. The van der Waals surface area contributed by atoms with Gasteiger partial charge in [0.05, 0.1) is 16.4 Å². The van der Waals surface area contributed by atoms with Gasteiger partial charge in [0.1, 0.15) is 5.69 Å². The molecule has 3 rings (SSSR count). The van der Waals surface area contributed by atoms with Crippen molar-refractivity contribution < 1.29 is 9.90 Å². The quantitative estimate of drug-likeness (QED) is 0.886. The van der Waals surface area contributed by atoms with Gasteiger partial charge in [0, 0.05) is 13.1 Å². The Morgan fingerprint density at radius 3 is 2.95 bits per heavy atom. The van der Waals surface area contributed by atoms with Gasteiger partial charge in [-0.05, 0) is 32.0 Å². The maximum absolute atomic E-state index is 12.1. The van der Waals surface area contributed by atoms with Crippen LogP contribution in [0.4, 0.5) is 0 Å². The first-order valence-electron chi connectivity index (χ1n) is 6.92. The Balaban J connectivity index is 1.84. The van der Waals surface area contributed by atoms with Gasteiger partial charge in [0.2, 0.25) is 0 Å². The summed E-state index contributed by atoms with van der Waals surface area (Å²) in [6.07, 6.45) is 0.591. The largest absolute Gasteiger partial charge is 0.481 e. The molecule has 2 aromatic rings. The molecule has 110 valence electrons. The Bertz CT molecular complexity index is 755. The highest BCUT2D eigenvalue weighted by Crippen LogP contribution is 2.30. The van der Waals surface area contributed by atoms with E-state index in [4.69, 9.17) is 0 Å². The summed E-state index contributed by atoms with van der Waals surface area (Å²) in [6, 6.07) is 7.37. The molecule has 1 aliphatic heterocycles. The van der Waals surface area contributed by atoms with Gasteiger partial charge in [-0.2, -0.15) is 0 Å². The van der Waals surface area contributed by atoms with Crippen molar-refractivity contribution >= 4 is 17.0 Å². The van der Waals surface area contributed by atoms with E-state index in [1.807, 2.05) is 29.2 Å². The van der Waals surface area contributed by atoms with Gasteiger partial charge in [-0.25, -0.2) is 4.98 Å². The third-order valence-corrected chi connectivity index (χ3v) is 4.11. The van der Waals surface area contributed by atoms with Crippen LogP contribution in [0, 0.1) is 5.41 Å². The van der Waals surface area contributed by atoms with Crippen LogP contribution in [-0.2, 0) is 11.3 Å². The molecule has 0 bridgehead atoms. The molecule has 1 aromatic heterocycles. The van der Waals surface area contributed by atoms with E-state index < -0.39 is 11.4 Å². The number of H-pyrrole nitrogens is 1. The van der Waals surface area contributed by atoms with Crippen LogP contribution in [0.3, 0.4) is 0 Å². The molecule has 0 aliphatic carbocycles. The van der Waals surface area contributed by atoms with Crippen molar-refractivity contribution in [1.29, 1.82) is 0 Å². The minimum Gasteiger partial charge on any atom is -0.481 e. The van der Waals surface area contributed by atoms with Crippen molar-refractivity contribution in [2.45, 2.75) is 19.9 Å². The highest BCUT2D eigenvalue weighted by Gasteiger charge is 2.40. The maximum atomic E-state index is 12.1. The van der Waals surface area contributed by atoms with E-state index in [-0.39, 0.29) is 5.56 Å². The fraction of sp³-hybridized carbons (Fsp3) is 0.400. The molecule has 2 N–H and O–H groups in total. The number of aromatic amines is 1. The molecule has 6 heteroatoms. The smallest absolute Gasteiger partial charge is 0.310 e. The van der Waals surface area contributed by atoms with E-state index in [2.05, 4.69) is 9.97 Å². The number of carboxylic acid groups (broad SMARTS) is 1. The number of likely N-dealkylation sites (tertiary alicyclic amines) is 1. The lowest BCUT2D eigenvalue weighted by Crippen LogP contribution is -2.32. The number of fused-ring (bicyclic) bond motifs is 1. The molecule has 1 aromatic carbocycles. The minimum atomic E-state index is -0.787. The first kappa shape index (κ1) is 13.8. The van der Waals surface area contributed by atoms with Gasteiger partial charge < -0.3 is 10.1 Å². The predicted molar refractivity (Wildman–Crippen MR) is 78.0 cm³/mol. The number of aliphatic carboxylic acids is 1. The molecule has 0 saturated carbocycles. The lowest BCUT2D eigenvalue weighted by Gasteiger charge is -2.19. The fourth-order valence-corrected chi connectivity index (χ4v) is 2.75. The van der Waals surface area contributed by atoms with Crippen molar-refractivity contribution in [3.63, 3.8) is 0 Å². The van der Waals surface area contributed by atoms with E-state index in [0.29, 0.717) is 37.3 Å². The zero-order valence-corrected chi connectivity index (χ0v) is 11.8. The van der Waals surface area contributed by atoms with E-state index in [1.54, 1.807) is 6.92 Å². The van der Waals surface area contributed by atoms with Crippen LogP contribution < -0.4 is 5.56 Å². The molecule has 2 heterocycles. The summed E-state index contributed by atoms with van der Waals surface area (Å²) in [5.41, 5.74) is 0.945. The lowest BCUT2D eigenvalue weighted by molar-refractivity contribution is -0.147. The summed E-state index contributed by atoms with van der Waals surface area (Å²) in [5.74, 6) is -0.787. The minimum absolute atomic E-state index is 0.211. The SMILES string of the molecule is CC1(C(=O)O)CCN(Cc2nc3ccccc3[nH]c2=O)C1. The van der Waals surface area contributed by atoms with Crippen LogP contribution in [0.5, 0.6) is 0 Å². The van der Waals surface area contributed by atoms with Crippen LogP contribution in [0.1, 0.15) is 19.0 Å².